The number of methoxy groups -OCH3 is 1. The summed E-state index contributed by atoms with van der Waals surface area (Å²) in [5.74, 6) is 0.196. The Balaban J connectivity index is 1.43. The first-order chi connectivity index (χ1) is 13.6. The van der Waals surface area contributed by atoms with Gasteiger partial charge in [0.2, 0.25) is 11.8 Å². The number of amides is 2. The SMILES string of the molecule is COc1ccc(NC(=O)CCC(=O)N2CCN(c3ccccc3F)CC2)cc1. The van der Waals surface area contributed by atoms with E-state index in [1.54, 1.807) is 54.5 Å². The van der Waals surface area contributed by atoms with Crippen LogP contribution in [0.5, 0.6) is 5.75 Å². The molecule has 0 saturated carbocycles. The Morgan fingerprint density at radius 2 is 1.68 bits per heavy atom. The maximum Gasteiger partial charge on any atom is 0.224 e. The average Bonchev–Trinajstić information content (AvgIpc) is 2.73. The summed E-state index contributed by atoms with van der Waals surface area (Å²) in [5, 5.41) is 2.77. The molecule has 0 aromatic heterocycles. The van der Waals surface area contributed by atoms with Gasteiger partial charge in [0, 0.05) is 44.7 Å². The first-order valence-corrected chi connectivity index (χ1v) is 9.28. The highest BCUT2D eigenvalue weighted by Crippen LogP contribution is 2.20. The van der Waals surface area contributed by atoms with Crippen molar-refractivity contribution in [2.45, 2.75) is 12.8 Å². The fourth-order valence-electron chi connectivity index (χ4n) is 3.18. The van der Waals surface area contributed by atoms with Gasteiger partial charge >= 0.3 is 0 Å². The van der Waals surface area contributed by atoms with Crippen molar-refractivity contribution in [3.63, 3.8) is 0 Å². The fourth-order valence-corrected chi connectivity index (χ4v) is 3.18. The smallest absolute Gasteiger partial charge is 0.224 e. The van der Waals surface area contributed by atoms with Crippen molar-refractivity contribution in [2.24, 2.45) is 0 Å². The van der Waals surface area contributed by atoms with Crippen LogP contribution in [-0.4, -0.2) is 50.0 Å². The molecule has 7 heteroatoms. The standard InChI is InChI=1S/C21H24FN3O3/c1-28-17-8-6-16(7-9-17)23-20(26)10-11-21(27)25-14-12-24(13-15-25)19-5-3-2-4-18(19)22/h2-9H,10-15H2,1H3,(H,23,26). The molecule has 3 rings (SSSR count). The summed E-state index contributed by atoms with van der Waals surface area (Å²) >= 11 is 0. The predicted octanol–water partition coefficient (Wildman–Crippen LogP) is 2.90. The molecule has 0 aliphatic carbocycles. The Hall–Kier alpha value is -3.09. The molecule has 0 atom stereocenters. The summed E-state index contributed by atoms with van der Waals surface area (Å²) in [6, 6.07) is 13.7. The molecule has 2 amide bonds. The Bertz CT molecular complexity index is 818. The van der Waals surface area contributed by atoms with Gasteiger partial charge in [-0.3, -0.25) is 9.59 Å². The predicted molar refractivity (Wildman–Crippen MR) is 106 cm³/mol. The minimum atomic E-state index is -0.252. The summed E-state index contributed by atoms with van der Waals surface area (Å²) in [5.41, 5.74) is 1.23. The summed E-state index contributed by atoms with van der Waals surface area (Å²) in [6.45, 7) is 2.19. The number of para-hydroxylation sites is 1. The molecule has 2 aromatic carbocycles. The van der Waals surface area contributed by atoms with E-state index < -0.39 is 0 Å². The van der Waals surface area contributed by atoms with Crippen molar-refractivity contribution in [1.29, 1.82) is 0 Å². The van der Waals surface area contributed by atoms with Gasteiger partial charge in [-0.1, -0.05) is 12.1 Å². The number of hydrogen-bond donors (Lipinski definition) is 1. The number of carbonyl (C=O) groups is 2. The zero-order valence-corrected chi connectivity index (χ0v) is 15.9. The van der Waals surface area contributed by atoms with Gasteiger partial charge in [-0.15, -0.1) is 0 Å². The van der Waals surface area contributed by atoms with Gasteiger partial charge < -0.3 is 19.9 Å². The van der Waals surface area contributed by atoms with Gasteiger partial charge in [0.15, 0.2) is 0 Å². The summed E-state index contributed by atoms with van der Waals surface area (Å²) < 4.78 is 19.0. The summed E-state index contributed by atoms with van der Waals surface area (Å²) in [4.78, 5) is 28.1. The molecule has 0 unspecified atom stereocenters. The van der Waals surface area contributed by atoms with Crippen molar-refractivity contribution >= 4 is 23.2 Å². The van der Waals surface area contributed by atoms with Crippen LogP contribution in [0.3, 0.4) is 0 Å². The van der Waals surface area contributed by atoms with Gasteiger partial charge in [-0.05, 0) is 36.4 Å². The van der Waals surface area contributed by atoms with E-state index in [2.05, 4.69) is 5.32 Å². The molecule has 1 heterocycles. The van der Waals surface area contributed by atoms with E-state index in [1.807, 2.05) is 4.90 Å². The lowest BCUT2D eigenvalue weighted by atomic mass is 10.2. The van der Waals surface area contributed by atoms with Crippen LogP contribution in [0.4, 0.5) is 15.8 Å². The number of nitrogens with one attached hydrogen (secondary N) is 1. The van der Waals surface area contributed by atoms with Crippen LogP contribution in [0.25, 0.3) is 0 Å². The number of benzene rings is 2. The van der Waals surface area contributed by atoms with Crippen molar-refractivity contribution < 1.29 is 18.7 Å². The number of rotatable bonds is 6. The molecule has 0 radical (unpaired) electrons. The lowest BCUT2D eigenvalue weighted by Gasteiger charge is -2.36. The minimum Gasteiger partial charge on any atom is -0.497 e. The number of anilines is 2. The van der Waals surface area contributed by atoms with Crippen LogP contribution >= 0.6 is 0 Å². The Labute approximate surface area is 163 Å². The van der Waals surface area contributed by atoms with Crippen molar-refractivity contribution in [3.05, 3.63) is 54.3 Å². The second-order valence-corrected chi connectivity index (χ2v) is 6.60. The van der Waals surface area contributed by atoms with Gasteiger partial charge in [-0.2, -0.15) is 0 Å². The molecule has 2 aromatic rings. The number of halogens is 1. The topological polar surface area (TPSA) is 61.9 Å². The minimum absolute atomic E-state index is 0.0573. The third-order valence-electron chi connectivity index (χ3n) is 4.77. The molecule has 0 bridgehead atoms. The van der Waals surface area contributed by atoms with Gasteiger partial charge in [-0.25, -0.2) is 4.39 Å². The number of ether oxygens (including phenoxy) is 1. The van der Waals surface area contributed by atoms with Crippen LogP contribution in [0, 0.1) is 5.82 Å². The monoisotopic (exact) mass is 385 g/mol. The molecule has 28 heavy (non-hydrogen) atoms. The maximum absolute atomic E-state index is 13.9. The van der Waals surface area contributed by atoms with Crippen LogP contribution in [-0.2, 0) is 9.59 Å². The Morgan fingerprint density at radius 1 is 1.00 bits per heavy atom. The second-order valence-electron chi connectivity index (χ2n) is 6.60. The van der Waals surface area contributed by atoms with Crippen LogP contribution in [0.1, 0.15) is 12.8 Å². The number of piperazine rings is 1. The number of hydrogen-bond acceptors (Lipinski definition) is 4. The molecule has 1 fully saturated rings. The third-order valence-corrected chi connectivity index (χ3v) is 4.77. The van der Waals surface area contributed by atoms with E-state index in [-0.39, 0.29) is 30.5 Å². The number of nitrogens with zero attached hydrogens (tertiary/aromatic N) is 2. The Morgan fingerprint density at radius 3 is 2.32 bits per heavy atom. The van der Waals surface area contributed by atoms with Crippen molar-refractivity contribution in [3.8, 4) is 5.75 Å². The largest absolute Gasteiger partial charge is 0.497 e. The zero-order chi connectivity index (χ0) is 19.9. The average molecular weight is 385 g/mol. The summed E-state index contributed by atoms with van der Waals surface area (Å²) in [7, 11) is 1.58. The molecule has 6 nitrogen and oxygen atoms in total. The first kappa shape index (κ1) is 19.7. The molecule has 1 N–H and O–H groups in total. The van der Waals surface area contributed by atoms with E-state index in [1.165, 1.54) is 6.07 Å². The lowest BCUT2D eigenvalue weighted by molar-refractivity contribution is -0.133. The van der Waals surface area contributed by atoms with E-state index >= 15 is 0 Å². The summed E-state index contributed by atoms with van der Waals surface area (Å²) in [6.07, 6.45) is 0.278. The first-order valence-electron chi connectivity index (χ1n) is 9.28. The highest BCUT2D eigenvalue weighted by Gasteiger charge is 2.22. The highest BCUT2D eigenvalue weighted by molar-refractivity contribution is 5.93. The highest BCUT2D eigenvalue weighted by atomic mass is 19.1. The van der Waals surface area contributed by atoms with E-state index in [0.29, 0.717) is 43.3 Å². The zero-order valence-electron chi connectivity index (χ0n) is 15.9. The van der Waals surface area contributed by atoms with Gasteiger partial charge in [0.1, 0.15) is 11.6 Å². The van der Waals surface area contributed by atoms with Gasteiger partial charge in [0.25, 0.3) is 0 Å². The maximum atomic E-state index is 13.9. The molecular formula is C21H24FN3O3. The van der Waals surface area contributed by atoms with E-state index in [4.69, 9.17) is 4.74 Å². The molecule has 0 spiro atoms. The molecule has 1 aliphatic rings. The van der Waals surface area contributed by atoms with Crippen molar-refractivity contribution in [1.82, 2.24) is 4.90 Å². The molecule has 1 saturated heterocycles. The normalized spacial score (nSPS) is 13.9. The molecule has 1 aliphatic heterocycles. The quantitative estimate of drug-likeness (QED) is 0.831. The third kappa shape index (κ3) is 5.00. The van der Waals surface area contributed by atoms with E-state index in [0.717, 1.165) is 0 Å². The number of carbonyl (C=O) groups excluding carboxylic acids is 2. The molecule has 148 valence electrons. The van der Waals surface area contributed by atoms with Crippen LogP contribution < -0.4 is 15.0 Å². The Kier molecular flexibility index (Phi) is 6.47. The van der Waals surface area contributed by atoms with Gasteiger partial charge in [0.05, 0.1) is 12.8 Å². The van der Waals surface area contributed by atoms with Crippen LogP contribution in [0.15, 0.2) is 48.5 Å². The van der Waals surface area contributed by atoms with Crippen LogP contribution in [0.2, 0.25) is 0 Å². The second kappa shape index (κ2) is 9.21. The lowest BCUT2D eigenvalue weighted by Crippen LogP contribution is -2.49. The molecular weight excluding hydrogens is 361 g/mol. The fraction of sp³-hybridized carbons (Fsp3) is 0.333. The van der Waals surface area contributed by atoms with Crippen molar-refractivity contribution in [2.75, 3.05) is 43.5 Å². The van der Waals surface area contributed by atoms with E-state index in [9.17, 15) is 14.0 Å².